The van der Waals surface area contributed by atoms with Gasteiger partial charge in [-0.3, -0.25) is 0 Å². The third-order valence-electron chi connectivity index (χ3n) is 7.36. The highest BCUT2D eigenvalue weighted by Crippen LogP contribution is 2.34. The van der Waals surface area contributed by atoms with Crippen molar-refractivity contribution in [1.82, 2.24) is 9.21 Å². The molecule has 2 amide bonds. The van der Waals surface area contributed by atoms with Crippen molar-refractivity contribution in [3.05, 3.63) is 54.1 Å². The minimum Gasteiger partial charge on any atom is -0.487 e. The fraction of sp³-hybridized carbons (Fsp3) is 0.483. The van der Waals surface area contributed by atoms with Gasteiger partial charge in [0, 0.05) is 36.8 Å². The maximum Gasteiger partial charge on any atom is 0.321 e. The lowest BCUT2D eigenvalue weighted by Gasteiger charge is -2.37. The van der Waals surface area contributed by atoms with Gasteiger partial charge in [0.25, 0.3) is 0 Å². The van der Waals surface area contributed by atoms with Gasteiger partial charge in [0.15, 0.2) is 0 Å². The van der Waals surface area contributed by atoms with Crippen LogP contribution in [0.3, 0.4) is 0 Å². The number of ether oxygens (including phenoxy) is 1. The van der Waals surface area contributed by atoms with Gasteiger partial charge in [-0.25, -0.2) is 13.2 Å². The topological polar surface area (TPSA) is 119 Å². The molecule has 39 heavy (non-hydrogen) atoms. The molecule has 1 fully saturated rings. The molecule has 1 heterocycles. The van der Waals surface area contributed by atoms with Crippen LogP contribution in [0.15, 0.2) is 53.4 Å². The molecular formula is C29H37N3O6S. The SMILES string of the molecule is C[C@@H]1CN([C@@H](C)CO)S(=O)(=O)c2ccc(C#CC3(O)CCCC3)cc2O[C@H]1CN(C)C(=O)Nc1ccccc1. The Morgan fingerprint density at radius 2 is 1.92 bits per heavy atom. The number of carbonyl (C=O) groups is 1. The van der Waals surface area contributed by atoms with E-state index in [1.807, 2.05) is 25.1 Å². The van der Waals surface area contributed by atoms with Crippen molar-refractivity contribution in [2.75, 3.05) is 32.1 Å². The van der Waals surface area contributed by atoms with Gasteiger partial charge in [-0.1, -0.05) is 37.0 Å². The van der Waals surface area contributed by atoms with Crippen molar-refractivity contribution in [3.8, 4) is 17.6 Å². The highest BCUT2D eigenvalue weighted by atomic mass is 32.2. The number of carbonyl (C=O) groups excluding carboxylic acids is 1. The Labute approximate surface area is 230 Å². The number of hydrogen-bond donors (Lipinski definition) is 3. The molecule has 0 radical (unpaired) electrons. The van der Waals surface area contributed by atoms with Gasteiger partial charge in [0.1, 0.15) is 22.4 Å². The van der Waals surface area contributed by atoms with Crippen LogP contribution in [0.25, 0.3) is 0 Å². The molecule has 2 aliphatic rings. The number of aliphatic hydroxyl groups is 2. The number of para-hydroxylation sites is 1. The van der Waals surface area contributed by atoms with Crippen LogP contribution in [0, 0.1) is 17.8 Å². The van der Waals surface area contributed by atoms with Crippen molar-refractivity contribution >= 4 is 21.7 Å². The van der Waals surface area contributed by atoms with Crippen molar-refractivity contribution in [2.24, 2.45) is 5.92 Å². The van der Waals surface area contributed by atoms with E-state index in [-0.39, 0.29) is 42.3 Å². The van der Waals surface area contributed by atoms with E-state index in [4.69, 9.17) is 4.74 Å². The van der Waals surface area contributed by atoms with Crippen LogP contribution in [-0.2, 0) is 10.0 Å². The van der Waals surface area contributed by atoms with E-state index >= 15 is 0 Å². The molecule has 210 valence electrons. The average molecular weight is 556 g/mol. The largest absolute Gasteiger partial charge is 0.487 e. The van der Waals surface area contributed by atoms with Crippen molar-refractivity contribution in [3.63, 3.8) is 0 Å². The van der Waals surface area contributed by atoms with E-state index in [2.05, 4.69) is 17.2 Å². The predicted octanol–water partition coefficient (Wildman–Crippen LogP) is 3.28. The minimum atomic E-state index is -4.00. The van der Waals surface area contributed by atoms with Crippen LogP contribution < -0.4 is 10.1 Å². The molecule has 9 nitrogen and oxygen atoms in total. The van der Waals surface area contributed by atoms with Gasteiger partial charge in [0.2, 0.25) is 10.0 Å². The van der Waals surface area contributed by atoms with E-state index in [0.717, 1.165) is 12.8 Å². The second-order valence-electron chi connectivity index (χ2n) is 10.6. The Balaban J connectivity index is 1.66. The number of rotatable bonds is 5. The summed E-state index contributed by atoms with van der Waals surface area (Å²) in [6.45, 7) is 3.48. The fourth-order valence-electron chi connectivity index (χ4n) is 4.89. The Kier molecular flexibility index (Phi) is 8.86. The van der Waals surface area contributed by atoms with E-state index < -0.39 is 27.8 Å². The summed E-state index contributed by atoms with van der Waals surface area (Å²) < 4.78 is 35.0. The van der Waals surface area contributed by atoms with Crippen molar-refractivity contribution < 1.29 is 28.2 Å². The maximum atomic E-state index is 13.7. The average Bonchev–Trinajstić information content (AvgIpc) is 3.36. The number of amides is 2. The van der Waals surface area contributed by atoms with E-state index in [1.165, 1.54) is 15.3 Å². The molecule has 0 aromatic heterocycles. The van der Waals surface area contributed by atoms with Crippen LogP contribution >= 0.6 is 0 Å². The first-order valence-corrected chi connectivity index (χ1v) is 14.7. The number of sulfonamides is 1. The van der Waals surface area contributed by atoms with E-state index in [1.54, 1.807) is 38.2 Å². The molecule has 0 saturated heterocycles. The van der Waals surface area contributed by atoms with Gasteiger partial charge < -0.3 is 25.2 Å². The monoisotopic (exact) mass is 555 g/mol. The number of hydrogen-bond acceptors (Lipinski definition) is 6. The van der Waals surface area contributed by atoms with Crippen LogP contribution in [0.5, 0.6) is 5.75 Å². The first kappa shape index (κ1) is 28.9. The van der Waals surface area contributed by atoms with Gasteiger partial charge in [-0.15, -0.1) is 0 Å². The molecular weight excluding hydrogens is 518 g/mol. The summed E-state index contributed by atoms with van der Waals surface area (Å²) in [6, 6.07) is 12.8. The van der Waals surface area contributed by atoms with Crippen LogP contribution in [0.1, 0.15) is 45.1 Å². The molecule has 1 aliphatic heterocycles. The third kappa shape index (κ3) is 6.73. The Hall–Kier alpha value is -3.10. The zero-order chi connectivity index (χ0) is 28.2. The quantitative estimate of drug-likeness (QED) is 0.488. The molecule has 0 spiro atoms. The molecule has 3 N–H and O–H groups in total. The van der Waals surface area contributed by atoms with Gasteiger partial charge in [0.05, 0.1) is 13.2 Å². The Morgan fingerprint density at radius 1 is 1.23 bits per heavy atom. The lowest BCUT2D eigenvalue weighted by atomic mass is 10.0. The summed E-state index contributed by atoms with van der Waals surface area (Å²) in [5.74, 6) is 5.76. The number of nitrogens with one attached hydrogen (secondary N) is 1. The predicted molar refractivity (Wildman–Crippen MR) is 149 cm³/mol. The normalized spacial score (nSPS) is 22.7. The smallest absolute Gasteiger partial charge is 0.321 e. The summed E-state index contributed by atoms with van der Waals surface area (Å²) >= 11 is 0. The molecule has 4 rings (SSSR count). The van der Waals surface area contributed by atoms with Crippen molar-refractivity contribution in [1.29, 1.82) is 0 Å². The summed E-state index contributed by atoms with van der Waals surface area (Å²) in [5, 5.41) is 23.3. The minimum absolute atomic E-state index is 0.0266. The van der Waals surface area contributed by atoms with Crippen LogP contribution in [0.4, 0.5) is 10.5 Å². The first-order chi connectivity index (χ1) is 18.5. The third-order valence-corrected chi connectivity index (χ3v) is 9.38. The first-order valence-electron chi connectivity index (χ1n) is 13.3. The highest BCUT2D eigenvalue weighted by molar-refractivity contribution is 7.89. The molecule has 2 aromatic rings. The highest BCUT2D eigenvalue weighted by Gasteiger charge is 2.38. The van der Waals surface area contributed by atoms with Crippen LogP contribution in [0.2, 0.25) is 0 Å². The Bertz CT molecular complexity index is 1330. The second kappa shape index (κ2) is 12.0. The number of urea groups is 1. The molecule has 1 aliphatic carbocycles. The second-order valence-corrected chi connectivity index (χ2v) is 12.4. The number of nitrogens with zero attached hydrogens (tertiary/aromatic N) is 2. The summed E-state index contributed by atoms with van der Waals surface area (Å²) in [4.78, 5) is 14.4. The van der Waals surface area contributed by atoms with Gasteiger partial charge in [-0.2, -0.15) is 4.31 Å². The van der Waals surface area contributed by atoms with Gasteiger partial charge >= 0.3 is 6.03 Å². The molecule has 1 saturated carbocycles. The number of fused-ring (bicyclic) bond motifs is 1. The van der Waals surface area contributed by atoms with E-state index in [0.29, 0.717) is 24.1 Å². The van der Waals surface area contributed by atoms with E-state index in [9.17, 15) is 23.4 Å². The molecule has 0 unspecified atom stereocenters. The molecule has 0 bridgehead atoms. The number of aliphatic hydroxyl groups excluding tert-OH is 1. The molecule has 10 heteroatoms. The summed E-state index contributed by atoms with van der Waals surface area (Å²) in [7, 11) is -2.34. The van der Waals surface area contributed by atoms with Gasteiger partial charge in [-0.05, 0) is 62.9 Å². The lowest BCUT2D eigenvalue weighted by molar-refractivity contribution is 0.0830. The summed E-state index contributed by atoms with van der Waals surface area (Å²) in [5.41, 5.74) is 0.150. The lowest BCUT2D eigenvalue weighted by Crippen LogP contribution is -2.50. The summed E-state index contributed by atoms with van der Waals surface area (Å²) in [6.07, 6.45) is 2.50. The maximum absolute atomic E-state index is 13.7. The Morgan fingerprint density at radius 3 is 2.59 bits per heavy atom. The number of anilines is 1. The van der Waals surface area contributed by atoms with Crippen LogP contribution in [-0.4, -0.2) is 78.4 Å². The fourth-order valence-corrected chi connectivity index (χ4v) is 6.71. The van der Waals surface area contributed by atoms with Crippen molar-refractivity contribution in [2.45, 2.75) is 62.2 Å². The molecule has 3 atom stereocenters. The number of likely N-dealkylation sites (N-methyl/N-ethyl adjacent to an activating group) is 1. The zero-order valence-electron chi connectivity index (χ0n) is 22.6. The molecule has 2 aromatic carbocycles. The standard InChI is InChI=1S/C29H37N3O6S/c1-21-18-32(22(2)20-33)39(36,37)27-12-11-23(13-16-29(35)14-7-8-15-29)17-25(27)38-26(21)19-31(3)28(34)30-24-9-5-4-6-10-24/h4-6,9-12,17,21-22,26,33,35H,7-8,14-15,18-20H2,1-3H3,(H,30,34)/t21-,22+,26+/m1/s1. The number of benzene rings is 2. The zero-order valence-corrected chi connectivity index (χ0v) is 23.4.